The Labute approximate surface area is 236 Å². The van der Waals surface area contributed by atoms with Crippen molar-refractivity contribution in [3.63, 3.8) is 0 Å². The van der Waals surface area contributed by atoms with Crippen molar-refractivity contribution in [2.24, 2.45) is 0 Å². The van der Waals surface area contributed by atoms with Crippen LogP contribution in [0.5, 0.6) is 0 Å². The van der Waals surface area contributed by atoms with E-state index in [2.05, 4.69) is 5.32 Å². The lowest BCUT2D eigenvalue weighted by Gasteiger charge is -2.31. The van der Waals surface area contributed by atoms with E-state index in [1.807, 2.05) is 26.0 Å². The van der Waals surface area contributed by atoms with Gasteiger partial charge in [0, 0.05) is 41.2 Å². The van der Waals surface area contributed by atoms with Crippen LogP contribution in [-0.2, 0) is 26.2 Å². The molecule has 2 aromatic rings. The molecule has 0 heterocycles. The van der Waals surface area contributed by atoms with E-state index in [4.69, 9.17) is 23.2 Å². The van der Waals surface area contributed by atoms with E-state index in [1.54, 1.807) is 31.2 Å². The van der Waals surface area contributed by atoms with E-state index in [0.717, 1.165) is 43.1 Å². The number of hydrogen-bond acceptors (Lipinski definition) is 4. The second kappa shape index (κ2) is 13.2. The average Bonchev–Trinajstić information content (AvgIpc) is 3.35. The van der Waals surface area contributed by atoms with Gasteiger partial charge in [0.1, 0.15) is 6.04 Å². The second-order valence-electron chi connectivity index (χ2n) is 10.1. The smallest absolute Gasteiger partial charge is 0.242 e. The van der Waals surface area contributed by atoms with E-state index in [-0.39, 0.29) is 43.8 Å². The summed E-state index contributed by atoms with van der Waals surface area (Å²) in [7, 11) is -3.56. The van der Waals surface area contributed by atoms with Crippen LogP contribution in [0.1, 0.15) is 62.1 Å². The molecular weight excluding hydrogens is 545 g/mol. The van der Waals surface area contributed by atoms with Gasteiger partial charge in [-0.05, 0) is 75.4 Å². The molecule has 1 fully saturated rings. The van der Waals surface area contributed by atoms with Gasteiger partial charge in [0.2, 0.25) is 21.8 Å². The standard InChI is InChI=1S/C28H37Cl2N3O4S/c1-19-14-15-23(17-20(19)2)33(38(4,36)37)16-8-13-27(34)32(18-24-25(29)11-7-12-26(24)30)21(3)28(35)31-22-9-5-6-10-22/h7,11-12,14-15,17,21-22H,5-6,8-10,13,16,18H2,1-4H3,(H,31,35)/t21-/m0/s1. The Bertz CT molecular complexity index is 1240. The van der Waals surface area contributed by atoms with Crippen molar-refractivity contribution in [1.29, 1.82) is 0 Å². The first kappa shape index (κ1) is 30.3. The molecule has 1 N–H and O–H groups in total. The molecule has 2 amide bonds. The van der Waals surface area contributed by atoms with Crippen LogP contribution in [-0.4, -0.2) is 50.0 Å². The molecule has 0 spiro atoms. The van der Waals surface area contributed by atoms with Crippen molar-refractivity contribution in [3.05, 3.63) is 63.1 Å². The van der Waals surface area contributed by atoms with Crippen LogP contribution in [0, 0.1) is 13.8 Å². The van der Waals surface area contributed by atoms with Gasteiger partial charge in [0.25, 0.3) is 0 Å². The first-order valence-electron chi connectivity index (χ1n) is 13.0. The first-order valence-corrected chi connectivity index (χ1v) is 15.6. The summed E-state index contributed by atoms with van der Waals surface area (Å²) in [5, 5.41) is 3.90. The number of aryl methyl sites for hydroxylation is 2. The van der Waals surface area contributed by atoms with Crippen LogP contribution in [0.3, 0.4) is 0 Å². The van der Waals surface area contributed by atoms with Crippen molar-refractivity contribution >= 4 is 50.7 Å². The van der Waals surface area contributed by atoms with Crippen molar-refractivity contribution in [3.8, 4) is 0 Å². The van der Waals surface area contributed by atoms with Gasteiger partial charge in [-0.2, -0.15) is 0 Å². The van der Waals surface area contributed by atoms with Crippen LogP contribution in [0.15, 0.2) is 36.4 Å². The number of nitrogens with one attached hydrogen (secondary N) is 1. The minimum absolute atomic E-state index is 0.0555. The highest BCUT2D eigenvalue weighted by atomic mass is 35.5. The van der Waals surface area contributed by atoms with Crippen molar-refractivity contribution in [2.45, 2.75) is 77.9 Å². The molecule has 0 radical (unpaired) electrons. The van der Waals surface area contributed by atoms with Gasteiger partial charge in [-0.3, -0.25) is 13.9 Å². The number of halogens is 2. The third-order valence-electron chi connectivity index (χ3n) is 7.19. The highest BCUT2D eigenvalue weighted by Crippen LogP contribution is 2.28. The largest absolute Gasteiger partial charge is 0.352 e. The summed E-state index contributed by atoms with van der Waals surface area (Å²) in [6, 6.07) is 9.97. The summed E-state index contributed by atoms with van der Waals surface area (Å²) in [5.74, 6) is -0.495. The molecule has 0 aromatic heterocycles. The molecular formula is C28H37Cl2N3O4S. The Morgan fingerprint density at radius 1 is 1.05 bits per heavy atom. The zero-order valence-corrected chi connectivity index (χ0v) is 24.8. The summed E-state index contributed by atoms with van der Waals surface area (Å²) in [6.07, 6.45) is 5.52. The van der Waals surface area contributed by atoms with Gasteiger partial charge in [-0.25, -0.2) is 8.42 Å². The molecule has 1 aliphatic rings. The van der Waals surface area contributed by atoms with Gasteiger partial charge in [-0.1, -0.05) is 48.2 Å². The predicted molar refractivity (Wildman–Crippen MR) is 154 cm³/mol. The van der Waals surface area contributed by atoms with E-state index in [1.165, 1.54) is 9.21 Å². The van der Waals surface area contributed by atoms with Crippen LogP contribution in [0.4, 0.5) is 5.69 Å². The maximum absolute atomic E-state index is 13.5. The summed E-state index contributed by atoms with van der Waals surface area (Å²) >= 11 is 12.8. The Morgan fingerprint density at radius 2 is 1.68 bits per heavy atom. The number of rotatable bonds is 11. The highest BCUT2D eigenvalue weighted by molar-refractivity contribution is 7.92. The summed E-state index contributed by atoms with van der Waals surface area (Å²) in [6.45, 7) is 5.80. The molecule has 10 heteroatoms. The maximum Gasteiger partial charge on any atom is 0.242 e. The van der Waals surface area contributed by atoms with E-state index in [0.29, 0.717) is 21.3 Å². The number of anilines is 1. The molecule has 0 bridgehead atoms. The number of carbonyl (C=O) groups is 2. The zero-order chi connectivity index (χ0) is 28.0. The fraction of sp³-hybridized carbons (Fsp3) is 0.500. The summed E-state index contributed by atoms with van der Waals surface area (Å²) in [5.41, 5.74) is 3.18. The lowest BCUT2D eigenvalue weighted by atomic mass is 10.1. The monoisotopic (exact) mass is 581 g/mol. The van der Waals surface area contributed by atoms with E-state index in [9.17, 15) is 18.0 Å². The fourth-order valence-electron chi connectivity index (χ4n) is 4.71. The lowest BCUT2D eigenvalue weighted by Crippen LogP contribution is -2.49. The van der Waals surface area contributed by atoms with Crippen molar-refractivity contribution in [2.75, 3.05) is 17.1 Å². The van der Waals surface area contributed by atoms with E-state index < -0.39 is 16.1 Å². The third-order valence-corrected chi connectivity index (χ3v) is 9.09. The van der Waals surface area contributed by atoms with Gasteiger partial charge in [0.05, 0.1) is 11.9 Å². The Hall–Kier alpha value is -2.29. The molecule has 1 aliphatic carbocycles. The predicted octanol–water partition coefficient (Wildman–Crippen LogP) is 5.63. The topological polar surface area (TPSA) is 86.8 Å². The Kier molecular flexibility index (Phi) is 10.5. The lowest BCUT2D eigenvalue weighted by molar-refractivity contribution is -0.140. The van der Waals surface area contributed by atoms with Crippen molar-refractivity contribution < 1.29 is 18.0 Å². The number of hydrogen-bond donors (Lipinski definition) is 1. The van der Waals surface area contributed by atoms with Gasteiger partial charge in [0.15, 0.2) is 0 Å². The molecule has 2 aromatic carbocycles. The van der Waals surface area contributed by atoms with Gasteiger partial charge >= 0.3 is 0 Å². The highest BCUT2D eigenvalue weighted by Gasteiger charge is 2.29. The zero-order valence-electron chi connectivity index (χ0n) is 22.5. The second-order valence-corrected chi connectivity index (χ2v) is 12.8. The van der Waals surface area contributed by atoms with Crippen LogP contribution < -0.4 is 9.62 Å². The number of amides is 2. The molecule has 38 heavy (non-hydrogen) atoms. The Balaban J connectivity index is 1.77. The normalized spacial score (nSPS) is 14.8. The van der Waals surface area contributed by atoms with Crippen molar-refractivity contribution in [1.82, 2.24) is 10.2 Å². The number of carbonyl (C=O) groups excluding carboxylic acids is 2. The Morgan fingerprint density at radius 3 is 2.26 bits per heavy atom. The number of nitrogens with zero attached hydrogens (tertiary/aromatic N) is 2. The third kappa shape index (κ3) is 7.87. The number of sulfonamides is 1. The van der Waals surface area contributed by atoms with Crippen LogP contribution in [0.2, 0.25) is 10.0 Å². The molecule has 1 atom stereocenters. The molecule has 3 rings (SSSR count). The van der Waals surface area contributed by atoms with Crippen LogP contribution >= 0.6 is 23.2 Å². The molecule has 0 saturated heterocycles. The van der Waals surface area contributed by atoms with Gasteiger partial charge < -0.3 is 10.2 Å². The molecule has 208 valence electrons. The van der Waals surface area contributed by atoms with E-state index >= 15 is 0 Å². The molecule has 7 nitrogen and oxygen atoms in total. The summed E-state index contributed by atoms with van der Waals surface area (Å²) < 4.78 is 26.4. The minimum atomic E-state index is -3.56. The molecule has 0 unspecified atom stereocenters. The first-order chi connectivity index (χ1) is 17.9. The minimum Gasteiger partial charge on any atom is -0.352 e. The quantitative estimate of drug-likeness (QED) is 0.372. The average molecular weight is 583 g/mol. The maximum atomic E-state index is 13.5. The summed E-state index contributed by atoms with van der Waals surface area (Å²) in [4.78, 5) is 28.1. The molecule has 1 saturated carbocycles. The number of benzene rings is 2. The van der Waals surface area contributed by atoms with Gasteiger partial charge in [-0.15, -0.1) is 0 Å². The molecule has 0 aliphatic heterocycles. The SMILES string of the molecule is Cc1ccc(N(CCCC(=O)N(Cc2c(Cl)cccc2Cl)[C@@H](C)C(=O)NC2CCCC2)S(C)(=O)=O)cc1C. The van der Waals surface area contributed by atoms with Crippen LogP contribution in [0.25, 0.3) is 0 Å². The fourth-order valence-corrected chi connectivity index (χ4v) is 6.19.